The molecule has 0 saturated heterocycles. The van der Waals surface area contributed by atoms with Crippen LogP contribution in [0.15, 0.2) is 24.3 Å². The number of sulfonamides is 1. The Kier molecular flexibility index (Phi) is 4.70. The van der Waals surface area contributed by atoms with Crippen LogP contribution < -0.4 is 5.73 Å². The quantitative estimate of drug-likeness (QED) is 0.815. The summed E-state index contributed by atoms with van der Waals surface area (Å²) in [6, 6.07) is 8.49. The SMILES string of the molecule is CC(CC#N)N(C)S(=O)(=O)Cc1ccccc1N. The number of nitrogen functional groups attached to an aromatic ring is 1. The summed E-state index contributed by atoms with van der Waals surface area (Å²) in [7, 11) is -1.97. The highest BCUT2D eigenvalue weighted by atomic mass is 32.2. The van der Waals surface area contributed by atoms with Gasteiger partial charge in [0.2, 0.25) is 10.0 Å². The molecule has 0 spiro atoms. The molecule has 0 fully saturated rings. The normalized spacial score (nSPS) is 13.2. The summed E-state index contributed by atoms with van der Waals surface area (Å²) in [5.74, 6) is -0.147. The first-order valence-corrected chi connectivity index (χ1v) is 7.15. The maximum Gasteiger partial charge on any atom is 0.218 e. The van der Waals surface area contributed by atoms with Crippen molar-refractivity contribution in [2.45, 2.75) is 25.1 Å². The smallest absolute Gasteiger partial charge is 0.218 e. The predicted molar refractivity (Wildman–Crippen MR) is 70.9 cm³/mol. The lowest BCUT2D eigenvalue weighted by Crippen LogP contribution is -2.35. The van der Waals surface area contributed by atoms with Gasteiger partial charge in [-0.15, -0.1) is 0 Å². The number of hydrogen-bond donors (Lipinski definition) is 1. The fourth-order valence-electron chi connectivity index (χ4n) is 1.50. The molecule has 1 aromatic rings. The van der Waals surface area contributed by atoms with Gasteiger partial charge in [-0.2, -0.15) is 5.26 Å². The van der Waals surface area contributed by atoms with Crippen molar-refractivity contribution in [1.82, 2.24) is 4.31 Å². The van der Waals surface area contributed by atoms with Gasteiger partial charge >= 0.3 is 0 Å². The summed E-state index contributed by atoms with van der Waals surface area (Å²) in [5, 5.41) is 8.59. The lowest BCUT2D eigenvalue weighted by Gasteiger charge is -2.22. The molecule has 1 rings (SSSR count). The fraction of sp³-hybridized carbons (Fsp3) is 0.417. The van der Waals surface area contributed by atoms with Crippen LogP contribution in [0.25, 0.3) is 0 Å². The largest absolute Gasteiger partial charge is 0.398 e. The molecule has 0 aliphatic heterocycles. The second-order valence-corrected chi connectivity index (χ2v) is 6.21. The number of benzene rings is 1. The number of rotatable bonds is 5. The van der Waals surface area contributed by atoms with Crippen LogP contribution in [-0.4, -0.2) is 25.8 Å². The Morgan fingerprint density at radius 2 is 2.06 bits per heavy atom. The van der Waals surface area contributed by atoms with E-state index >= 15 is 0 Å². The Labute approximate surface area is 108 Å². The van der Waals surface area contributed by atoms with E-state index in [0.29, 0.717) is 11.3 Å². The van der Waals surface area contributed by atoms with Crippen LogP contribution in [0.4, 0.5) is 5.69 Å². The van der Waals surface area contributed by atoms with E-state index in [1.807, 2.05) is 6.07 Å². The maximum absolute atomic E-state index is 12.1. The predicted octanol–water partition coefficient (Wildman–Crippen LogP) is 1.33. The second-order valence-electron chi connectivity index (χ2n) is 4.18. The van der Waals surface area contributed by atoms with Gasteiger partial charge in [-0.1, -0.05) is 18.2 Å². The van der Waals surface area contributed by atoms with Crippen molar-refractivity contribution in [2.24, 2.45) is 0 Å². The van der Waals surface area contributed by atoms with Gasteiger partial charge in [-0.25, -0.2) is 12.7 Å². The van der Waals surface area contributed by atoms with Crippen molar-refractivity contribution in [3.8, 4) is 6.07 Å². The van der Waals surface area contributed by atoms with Crippen molar-refractivity contribution < 1.29 is 8.42 Å². The van der Waals surface area contributed by atoms with Crippen LogP contribution in [0.1, 0.15) is 18.9 Å². The average Bonchev–Trinajstić information content (AvgIpc) is 2.31. The molecule has 2 N–H and O–H groups in total. The van der Waals surface area contributed by atoms with Crippen LogP contribution in [-0.2, 0) is 15.8 Å². The first kappa shape index (κ1) is 14.5. The van der Waals surface area contributed by atoms with E-state index in [2.05, 4.69) is 0 Å². The summed E-state index contributed by atoms with van der Waals surface area (Å²) >= 11 is 0. The zero-order chi connectivity index (χ0) is 13.8. The highest BCUT2D eigenvalue weighted by Crippen LogP contribution is 2.18. The summed E-state index contributed by atoms with van der Waals surface area (Å²) < 4.78 is 25.5. The molecule has 98 valence electrons. The third-order valence-corrected chi connectivity index (χ3v) is 4.75. The molecular formula is C12H17N3O2S. The highest BCUT2D eigenvalue weighted by Gasteiger charge is 2.24. The molecule has 6 heteroatoms. The fourth-order valence-corrected chi connectivity index (χ4v) is 2.98. The molecule has 0 aromatic heterocycles. The Bertz CT molecular complexity index is 549. The average molecular weight is 267 g/mol. The number of hydrogen-bond acceptors (Lipinski definition) is 4. The molecule has 0 radical (unpaired) electrons. The summed E-state index contributed by atoms with van der Waals surface area (Å²) in [6.07, 6.45) is 0.167. The number of para-hydroxylation sites is 1. The number of anilines is 1. The zero-order valence-corrected chi connectivity index (χ0v) is 11.3. The first-order valence-electron chi connectivity index (χ1n) is 5.54. The molecule has 0 heterocycles. The van der Waals surface area contributed by atoms with Gasteiger partial charge in [0.1, 0.15) is 0 Å². The number of nitrogens with zero attached hydrogens (tertiary/aromatic N) is 2. The first-order chi connectivity index (χ1) is 8.38. The Hall–Kier alpha value is -1.58. The highest BCUT2D eigenvalue weighted by molar-refractivity contribution is 7.88. The van der Waals surface area contributed by atoms with E-state index in [1.165, 1.54) is 11.4 Å². The zero-order valence-electron chi connectivity index (χ0n) is 10.5. The number of nitriles is 1. The van der Waals surface area contributed by atoms with E-state index in [9.17, 15) is 8.42 Å². The topological polar surface area (TPSA) is 87.2 Å². The molecule has 0 amide bonds. The van der Waals surface area contributed by atoms with Gasteiger partial charge in [-0.3, -0.25) is 0 Å². The molecule has 1 unspecified atom stereocenters. The minimum atomic E-state index is -3.46. The van der Waals surface area contributed by atoms with E-state index in [0.717, 1.165) is 0 Å². The molecule has 5 nitrogen and oxygen atoms in total. The monoisotopic (exact) mass is 267 g/mol. The summed E-state index contributed by atoms with van der Waals surface area (Å²) in [5.41, 5.74) is 6.77. The minimum absolute atomic E-state index is 0.147. The third-order valence-electron chi connectivity index (χ3n) is 2.84. The van der Waals surface area contributed by atoms with Gasteiger partial charge in [0.05, 0.1) is 18.2 Å². The minimum Gasteiger partial charge on any atom is -0.398 e. The van der Waals surface area contributed by atoms with E-state index in [4.69, 9.17) is 11.0 Å². The van der Waals surface area contributed by atoms with Crippen LogP contribution in [0.2, 0.25) is 0 Å². The van der Waals surface area contributed by atoms with Crippen LogP contribution >= 0.6 is 0 Å². The van der Waals surface area contributed by atoms with Crippen molar-refractivity contribution >= 4 is 15.7 Å². The van der Waals surface area contributed by atoms with Crippen molar-refractivity contribution in [3.05, 3.63) is 29.8 Å². The molecule has 0 aliphatic carbocycles. The standard InChI is InChI=1S/C12H17N3O2S/c1-10(7-8-13)15(2)18(16,17)9-11-5-3-4-6-12(11)14/h3-6,10H,7,9,14H2,1-2H3. The number of nitrogens with two attached hydrogens (primary N) is 1. The summed E-state index contributed by atoms with van der Waals surface area (Å²) in [4.78, 5) is 0. The Morgan fingerprint density at radius 3 is 2.61 bits per heavy atom. The van der Waals surface area contributed by atoms with Gasteiger partial charge in [0, 0.05) is 18.8 Å². The molecule has 0 aliphatic rings. The van der Waals surface area contributed by atoms with Gasteiger partial charge in [0.15, 0.2) is 0 Å². The lowest BCUT2D eigenvalue weighted by molar-refractivity contribution is 0.392. The van der Waals surface area contributed by atoms with Crippen LogP contribution in [0, 0.1) is 11.3 Å². The Morgan fingerprint density at radius 1 is 1.44 bits per heavy atom. The van der Waals surface area contributed by atoms with Gasteiger partial charge in [-0.05, 0) is 18.6 Å². The maximum atomic E-state index is 12.1. The molecular weight excluding hydrogens is 250 g/mol. The van der Waals surface area contributed by atoms with Crippen LogP contribution in [0.3, 0.4) is 0 Å². The molecule has 0 bridgehead atoms. The summed E-state index contributed by atoms with van der Waals surface area (Å²) in [6.45, 7) is 1.70. The van der Waals surface area contributed by atoms with E-state index < -0.39 is 10.0 Å². The molecule has 0 saturated carbocycles. The Balaban J connectivity index is 2.89. The second kappa shape index (κ2) is 5.85. The third kappa shape index (κ3) is 3.45. The molecule has 1 atom stereocenters. The molecule has 1 aromatic carbocycles. The van der Waals surface area contributed by atoms with Gasteiger partial charge in [0.25, 0.3) is 0 Å². The van der Waals surface area contributed by atoms with Crippen molar-refractivity contribution in [2.75, 3.05) is 12.8 Å². The van der Waals surface area contributed by atoms with Crippen LogP contribution in [0.5, 0.6) is 0 Å². The van der Waals surface area contributed by atoms with E-state index in [-0.39, 0.29) is 18.2 Å². The van der Waals surface area contributed by atoms with Crippen molar-refractivity contribution in [1.29, 1.82) is 5.26 Å². The van der Waals surface area contributed by atoms with Crippen molar-refractivity contribution in [3.63, 3.8) is 0 Å². The van der Waals surface area contributed by atoms with Gasteiger partial charge < -0.3 is 5.73 Å². The molecule has 18 heavy (non-hydrogen) atoms. The lowest BCUT2D eigenvalue weighted by atomic mass is 10.2. The van der Waals surface area contributed by atoms with E-state index in [1.54, 1.807) is 31.2 Å².